The van der Waals surface area contributed by atoms with E-state index in [-0.39, 0.29) is 5.89 Å². The first-order valence-corrected chi connectivity index (χ1v) is 8.34. The molecular weight excluding hydrogens is 381 g/mol. The Morgan fingerprint density at radius 2 is 2.04 bits per heavy atom. The van der Waals surface area contributed by atoms with Gasteiger partial charge < -0.3 is 19.2 Å². The van der Waals surface area contributed by atoms with E-state index in [1.165, 1.54) is 13.5 Å². The van der Waals surface area contributed by atoms with Crippen LogP contribution in [-0.2, 0) is 9.47 Å². The SMILES string of the molecule is COC(=O)OC1=C(C)NC(C)=C(c2nnco2)C1c1cccc(Cl)c1Cl. The van der Waals surface area contributed by atoms with Gasteiger partial charge in [-0.05, 0) is 25.5 Å². The largest absolute Gasteiger partial charge is 0.513 e. The van der Waals surface area contributed by atoms with Gasteiger partial charge in [-0.15, -0.1) is 10.2 Å². The highest BCUT2D eigenvalue weighted by atomic mass is 35.5. The molecule has 7 nitrogen and oxygen atoms in total. The number of halogens is 2. The zero-order chi connectivity index (χ0) is 18.8. The second kappa shape index (κ2) is 7.39. The molecule has 1 aromatic heterocycles. The van der Waals surface area contributed by atoms with Crippen LogP contribution in [0.1, 0.15) is 31.2 Å². The number of benzene rings is 1. The fourth-order valence-electron chi connectivity index (χ4n) is 2.86. The van der Waals surface area contributed by atoms with Gasteiger partial charge in [0.2, 0.25) is 12.3 Å². The summed E-state index contributed by atoms with van der Waals surface area (Å²) in [6.45, 7) is 3.63. The minimum absolute atomic E-state index is 0.273. The molecule has 0 radical (unpaired) electrons. The molecule has 0 amide bonds. The van der Waals surface area contributed by atoms with Crippen molar-refractivity contribution in [2.75, 3.05) is 7.11 Å². The molecule has 0 bridgehead atoms. The van der Waals surface area contributed by atoms with Crippen LogP contribution in [0.3, 0.4) is 0 Å². The molecule has 0 saturated heterocycles. The van der Waals surface area contributed by atoms with E-state index in [4.69, 9.17) is 32.4 Å². The Morgan fingerprint density at radius 1 is 1.27 bits per heavy atom. The topological polar surface area (TPSA) is 86.5 Å². The van der Waals surface area contributed by atoms with Crippen molar-refractivity contribution >= 4 is 34.9 Å². The number of carbonyl (C=O) groups is 1. The predicted molar refractivity (Wildman–Crippen MR) is 95.4 cm³/mol. The Hall–Kier alpha value is -2.51. The number of nitrogens with zero attached hydrogens (tertiary/aromatic N) is 2. The first-order chi connectivity index (χ1) is 12.4. The molecule has 2 aromatic rings. The minimum Gasteiger partial charge on any atom is -0.437 e. The molecule has 0 fully saturated rings. The van der Waals surface area contributed by atoms with Crippen molar-refractivity contribution in [2.24, 2.45) is 0 Å². The van der Waals surface area contributed by atoms with Crippen LogP contribution in [0, 0.1) is 0 Å². The number of aromatic nitrogens is 2. The summed E-state index contributed by atoms with van der Waals surface area (Å²) in [6, 6.07) is 5.23. The van der Waals surface area contributed by atoms with Crippen molar-refractivity contribution < 1.29 is 18.7 Å². The lowest BCUT2D eigenvalue weighted by Crippen LogP contribution is -2.26. The first kappa shape index (κ1) is 18.3. The van der Waals surface area contributed by atoms with E-state index in [1.807, 2.05) is 6.92 Å². The van der Waals surface area contributed by atoms with Crippen LogP contribution in [0.25, 0.3) is 5.57 Å². The van der Waals surface area contributed by atoms with Crippen LogP contribution < -0.4 is 5.32 Å². The second-order valence-corrected chi connectivity index (χ2v) is 6.31. The number of hydrogen-bond acceptors (Lipinski definition) is 7. The number of carbonyl (C=O) groups excluding carboxylic acids is 1. The molecule has 1 unspecified atom stereocenters. The maximum absolute atomic E-state index is 11.8. The van der Waals surface area contributed by atoms with E-state index in [9.17, 15) is 4.79 Å². The quantitative estimate of drug-likeness (QED) is 0.764. The summed E-state index contributed by atoms with van der Waals surface area (Å²) >= 11 is 12.6. The van der Waals surface area contributed by atoms with Gasteiger partial charge in [0.25, 0.3) is 0 Å². The summed E-state index contributed by atoms with van der Waals surface area (Å²) in [6.07, 6.45) is 0.367. The Labute approximate surface area is 159 Å². The van der Waals surface area contributed by atoms with E-state index in [0.717, 1.165) is 5.70 Å². The Balaban J connectivity index is 2.22. The van der Waals surface area contributed by atoms with Crippen LogP contribution in [0.2, 0.25) is 10.0 Å². The average Bonchev–Trinajstić information content (AvgIpc) is 3.13. The summed E-state index contributed by atoms with van der Waals surface area (Å²) in [5, 5.41) is 11.6. The second-order valence-electron chi connectivity index (χ2n) is 5.53. The summed E-state index contributed by atoms with van der Waals surface area (Å²) in [4.78, 5) is 11.8. The average molecular weight is 396 g/mol. The van der Waals surface area contributed by atoms with Crippen molar-refractivity contribution in [3.05, 3.63) is 63.2 Å². The molecule has 0 saturated carbocycles. The molecule has 3 rings (SSSR count). The molecule has 1 aliphatic heterocycles. The van der Waals surface area contributed by atoms with Gasteiger partial charge in [-0.2, -0.15) is 0 Å². The van der Waals surface area contributed by atoms with Crippen LogP contribution in [0.5, 0.6) is 0 Å². The van der Waals surface area contributed by atoms with Gasteiger partial charge in [-0.25, -0.2) is 4.79 Å². The molecule has 1 aliphatic rings. The monoisotopic (exact) mass is 395 g/mol. The molecule has 0 spiro atoms. The normalized spacial score (nSPS) is 17.2. The molecule has 2 heterocycles. The highest BCUT2D eigenvalue weighted by Gasteiger charge is 2.36. The fraction of sp³-hybridized carbons (Fsp3) is 0.235. The fourth-order valence-corrected chi connectivity index (χ4v) is 3.27. The number of methoxy groups -OCH3 is 1. The number of hydrogen-bond donors (Lipinski definition) is 1. The number of rotatable bonds is 3. The molecule has 9 heteroatoms. The number of nitrogens with one attached hydrogen (secondary N) is 1. The van der Waals surface area contributed by atoms with E-state index in [0.29, 0.717) is 32.6 Å². The molecule has 0 aliphatic carbocycles. The molecule has 136 valence electrons. The molecule has 1 aromatic carbocycles. The van der Waals surface area contributed by atoms with Crippen LogP contribution in [-0.4, -0.2) is 23.5 Å². The molecule has 1 N–H and O–H groups in total. The third kappa shape index (κ3) is 3.27. The van der Waals surface area contributed by atoms with E-state index in [2.05, 4.69) is 20.3 Å². The number of ether oxygens (including phenoxy) is 2. The smallest absolute Gasteiger partial charge is 0.437 e. The van der Waals surface area contributed by atoms with Gasteiger partial charge >= 0.3 is 6.16 Å². The number of allylic oxidation sites excluding steroid dienone is 3. The van der Waals surface area contributed by atoms with Crippen LogP contribution >= 0.6 is 23.2 Å². The summed E-state index contributed by atoms with van der Waals surface area (Å²) in [5.74, 6) is -0.0173. The molecule has 26 heavy (non-hydrogen) atoms. The van der Waals surface area contributed by atoms with Crippen LogP contribution in [0.15, 0.2) is 46.2 Å². The molecule has 1 atom stereocenters. The maximum Gasteiger partial charge on any atom is 0.513 e. The summed E-state index contributed by atoms with van der Waals surface area (Å²) in [5.41, 5.74) is 2.63. The lowest BCUT2D eigenvalue weighted by atomic mass is 9.85. The Kier molecular flexibility index (Phi) is 5.20. The highest BCUT2D eigenvalue weighted by Crippen LogP contribution is 2.46. The van der Waals surface area contributed by atoms with Gasteiger partial charge in [0.05, 0.1) is 34.3 Å². The Bertz CT molecular complexity index is 907. The van der Waals surface area contributed by atoms with Crippen molar-refractivity contribution in [1.82, 2.24) is 15.5 Å². The lowest BCUT2D eigenvalue weighted by molar-refractivity contribution is 0.0928. The van der Waals surface area contributed by atoms with E-state index in [1.54, 1.807) is 25.1 Å². The van der Waals surface area contributed by atoms with Crippen molar-refractivity contribution in [3.63, 3.8) is 0 Å². The molecular formula is C17H15Cl2N3O4. The zero-order valence-corrected chi connectivity index (χ0v) is 15.7. The van der Waals surface area contributed by atoms with Gasteiger partial charge in [-0.1, -0.05) is 35.3 Å². The van der Waals surface area contributed by atoms with Gasteiger partial charge in [0.15, 0.2) is 0 Å². The van der Waals surface area contributed by atoms with Gasteiger partial charge in [-0.3, -0.25) is 0 Å². The van der Waals surface area contributed by atoms with Crippen molar-refractivity contribution in [3.8, 4) is 0 Å². The standard InChI is InChI=1S/C17H15Cl2N3O4/c1-8-12(16-22-20-7-25-16)13(10-5-4-6-11(18)14(10)19)15(9(2)21-8)26-17(23)24-3/h4-7,13,21H,1-3H3. The van der Waals surface area contributed by atoms with Crippen LogP contribution in [0.4, 0.5) is 4.79 Å². The highest BCUT2D eigenvalue weighted by molar-refractivity contribution is 6.42. The summed E-state index contributed by atoms with van der Waals surface area (Å²) < 4.78 is 15.5. The van der Waals surface area contributed by atoms with Gasteiger partial charge in [0.1, 0.15) is 5.76 Å². The third-order valence-corrected chi connectivity index (χ3v) is 4.78. The van der Waals surface area contributed by atoms with E-state index < -0.39 is 12.1 Å². The van der Waals surface area contributed by atoms with Crippen molar-refractivity contribution in [1.29, 1.82) is 0 Å². The lowest BCUT2D eigenvalue weighted by Gasteiger charge is -2.30. The Morgan fingerprint density at radius 3 is 2.69 bits per heavy atom. The van der Waals surface area contributed by atoms with E-state index >= 15 is 0 Å². The minimum atomic E-state index is -0.853. The predicted octanol–water partition coefficient (Wildman–Crippen LogP) is 4.51. The zero-order valence-electron chi connectivity index (χ0n) is 14.2. The summed E-state index contributed by atoms with van der Waals surface area (Å²) in [7, 11) is 1.23. The third-order valence-electron chi connectivity index (χ3n) is 3.94. The van der Waals surface area contributed by atoms with Gasteiger partial charge in [0, 0.05) is 5.70 Å². The number of dihydropyridines is 1. The maximum atomic E-state index is 11.8. The van der Waals surface area contributed by atoms with Crippen molar-refractivity contribution in [2.45, 2.75) is 19.8 Å². The first-order valence-electron chi connectivity index (χ1n) is 7.58.